The van der Waals surface area contributed by atoms with Crippen molar-refractivity contribution in [2.75, 3.05) is 11.1 Å². The van der Waals surface area contributed by atoms with Crippen LogP contribution in [0.4, 0.5) is 11.4 Å². The van der Waals surface area contributed by atoms with Crippen molar-refractivity contribution in [3.8, 4) is 5.75 Å². The first-order valence-corrected chi connectivity index (χ1v) is 10.8. The summed E-state index contributed by atoms with van der Waals surface area (Å²) in [6, 6.07) is 13.3. The highest BCUT2D eigenvalue weighted by atomic mass is 35.5. The van der Waals surface area contributed by atoms with Crippen LogP contribution in [0, 0.1) is 10.1 Å². The van der Waals surface area contributed by atoms with Crippen LogP contribution >= 0.6 is 23.4 Å². The molecule has 3 aromatic rings. The smallest absolute Gasteiger partial charge is 0.271 e. The molecule has 1 atom stereocenters. The lowest BCUT2D eigenvalue weighted by molar-refractivity contribution is -0.384. The van der Waals surface area contributed by atoms with Gasteiger partial charge in [-0.15, -0.1) is 10.2 Å². The molecule has 31 heavy (non-hydrogen) atoms. The van der Waals surface area contributed by atoms with E-state index in [9.17, 15) is 14.9 Å². The summed E-state index contributed by atoms with van der Waals surface area (Å²) >= 11 is 7.23. The van der Waals surface area contributed by atoms with Crippen LogP contribution in [0.2, 0.25) is 5.02 Å². The minimum atomic E-state index is -0.551. The average Bonchev–Trinajstić information content (AvgIpc) is 3.17. The van der Waals surface area contributed by atoms with Gasteiger partial charge in [-0.25, -0.2) is 0 Å². The van der Waals surface area contributed by atoms with E-state index in [0.717, 1.165) is 5.75 Å². The van der Waals surface area contributed by atoms with Gasteiger partial charge in [0.15, 0.2) is 17.1 Å². The molecule has 1 amide bonds. The van der Waals surface area contributed by atoms with Gasteiger partial charge in [-0.3, -0.25) is 14.9 Å². The fourth-order valence-corrected chi connectivity index (χ4v) is 3.77. The maximum Gasteiger partial charge on any atom is 0.271 e. The zero-order chi connectivity index (χ0) is 22.4. The Morgan fingerprint density at radius 3 is 2.71 bits per heavy atom. The number of ether oxygens (including phenoxy) is 1. The second-order valence-corrected chi connectivity index (χ2v) is 7.77. The molecule has 0 radical (unpaired) electrons. The van der Waals surface area contributed by atoms with E-state index >= 15 is 0 Å². The Morgan fingerprint density at radius 2 is 2.03 bits per heavy atom. The molecule has 0 bridgehead atoms. The number of nitrogens with one attached hydrogen (secondary N) is 1. The Balaban J connectivity index is 1.65. The van der Waals surface area contributed by atoms with E-state index in [-0.39, 0.29) is 34.2 Å². The van der Waals surface area contributed by atoms with E-state index in [1.165, 1.54) is 30.0 Å². The number of nitro groups is 1. The molecule has 1 heterocycles. The highest BCUT2D eigenvalue weighted by Gasteiger charge is 2.20. The molecule has 0 aliphatic carbocycles. The number of carbonyl (C=O) groups is 1. The lowest BCUT2D eigenvalue weighted by Gasteiger charge is -2.15. The van der Waals surface area contributed by atoms with Crippen LogP contribution in [0.15, 0.2) is 53.7 Å². The Hall–Kier alpha value is -3.11. The molecule has 0 saturated carbocycles. The summed E-state index contributed by atoms with van der Waals surface area (Å²) in [6.45, 7) is 4.44. The van der Waals surface area contributed by atoms with Crippen LogP contribution in [-0.4, -0.2) is 31.3 Å². The monoisotopic (exact) mass is 461 g/mol. The van der Waals surface area contributed by atoms with Crippen LogP contribution < -0.4 is 10.1 Å². The standard InChI is InChI=1S/C20H20ClN5O4S/c1-3-25-19(13(2)30-15-7-5-4-6-8-15)23-24-20(25)31-12-18(27)22-17-11-14(26(28)29)9-10-16(17)21/h4-11,13H,3,12H2,1-2H3,(H,22,27). The molecule has 0 fully saturated rings. The van der Waals surface area contributed by atoms with Gasteiger partial charge >= 0.3 is 0 Å². The van der Waals surface area contributed by atoms with Crippen molar-refractivity contribution in [1.82, 2.24) is 14.8 Å². The summed E-state index contributed by atoms with van der Waals surface area (Å²) in [5, 5.41) is 22.7. The number of hydrogen-bond donors (Lipinski definition) is 1. The molecule has 9 nitrogen and oxygen atoms in total. The van der Waals surface area contributed by atoms with Crippen molar-refractivity contribution in [1.29, 1.82) is 0 Å². The van der Waals surface area contributed by atoms with Gasteiger partial charge in [0.1, 0.15) is 5.75 Å². The second-order valence-electron chi connectivity index (χ2n) is 6.42. The van der Waals surface area contributed by atoms with E-state index in [2.05, 4.69) is 15.5 Å². The molecule has 11 heteroatoms. The molecular formula is C20H20ClN5O4S. The predicted octanol–water partition coefficient (Wildman–Crippen LogP) is 4.73. The summed E-state index contributed by atoms with van der Waals surface area (Å²) < 4.78 is 7.80. The van der Waals surface area contributed by atoms with Crippen LogP contribution in [-0.2, 0) is 11.3 Å². The number of hydrogen-bond acceptors (Lipinski definition) is 7. The van der Waals surface area contributed by atoms with Gasteiger partial charge in [0, 0.05) is 18.7 Å². The van der Waals surface area contributed by atoms with Gasteiger partial charge in [-0.05, 0) is 32.0 Å². The second kappa shape index (κ2) is 10.3. The number of aromatic nitrogens is 3. The van der Waals surface area contributed by atoms with Crippen LogP contribution in [0.5, 0.6) is 5.75 Å². The molecule has 0 aliphatic rings. The van der Waals surface area contributed by atoms with Gasteiger partial charge in [0.25, 0.3) is 5.69 Å². The number of rotatable bonds is 9. The SMILES string of the molecule is CCn1c(SCC(=O)Nc2cc([N+](=O)[O-])ccc2Cl)nnc1C(C)Oc1ccccc1. The fraction of sp³-hybridized carbons (Fsp3) is 0.250. The van der Waals surface area contributed by atoms with E-state index < -0.39 is 4.92 Å². The molecule has 0 aliphatic heterocycles. The number of benzene rings is 2. The maximum absolute atomic E-state index is 12.4. The molecular weight excluding hydrogens is 442 g/mol. The molecule has 162 valence electrons. The van der Waals surface area contributed by atoms with Crippen LogP contribution in [0.1, 0.15) is 25.8 Å². The molecule has 0 saturated heterocycles. The third-order valence-corrected chi connectivity index (χ3v) is 5.54. The van der Waals surface area contributed by atoms with Crippen LogP contribution in [0.3, 0.4) is 0 Å². The number of thioether (sulfide) groups is 1. The van der Waals surface area contributed by atoms with Gasteiger partial charge in [0.05, 0.1) is 21.4 Å². The molecule has 1 unspecified atom stereocenters. The number of nitro benzene ring substituents is 1. The van der Waals surface area contributed by atoms with Crippen molar-refractivity contribution in [2.45, 2.75) is 31.7 Å². The lowest BCUT2D eigenvalue weighted by atomic mass is 10.3. The van der Waals surface area contributed by atoms with E-state index in [0.29, 0.717) is 17.5 Å². The highest BCUT2D eigenvalue weighted by molar-refractivity contribution is 7.99. The van der Waals surface area contributed by atoms with Gasteiger partial charge in [-0.2, -0.15) is 0 Å². The van der Waals surface area contributed by atoms with Crippen molar-refractivity contribution in [3.63, 3.8) is 0 Å². The molecule has 0 spiro atoms. The van der Waals surface area contributed by atoms with E-state index in [1.54, 1.807) is 0 Å². The topological polar surface area (TPSA) is 112 Å². The lowest BCUT2D eigenvalue weighted by Crippen LogP contribution is -2.16. The quantitative estimate of drug-likeness (QED) is 0.278. The number of amides is 1. The summed E-state index contributed by atoms with van der Waals surface area (Å²) in [5.41, 5.74) is 0.0270. The van der Waals surface area contributed by atoms with E-state index in [1.807, 2.05) is 48.7 Å². The highest BCUT2D eigenvalue weighted by Crippen LogP contribution is 2.28. The molecule has 1 aromatic heterocycles. The van der Waals surface area contributed by atoms with Crippen molar-refractivity contribution >= 4 is 40.6 Å². The Morgan fingerprint density at radius 1 is 1.29 bits per heavy atom. The van der Waals surface area contributed by atoms with Crippen molar-refractivity contribution in [2.24, 2.45) is 0 Å². The number of carbonyl (C=O) groups excluding carboxylic acids is 1. The van der Waals surface area contributed by atoms with Gasteiger partial charge < -0.3 is 14.6 Å². The van der Waals surface area contributed by atoms with Gasteiger partial charge in [-0.1, -0.05) is 41.6 Å². The van der Waals surface area contributed by atoms with Gasteiger partial charge in [0.2, 0.25) is 5.91 Å². The largest absolute Gasteiger partial charge is 0.483 e. The third-order valence-electron chi connectivity index (χ3n) is 4.25. The normalized spacial score (nSPS) is 11.7. The number of para-hydroxylation sites is 1. The minimum Gasteiger partial charge on any atom is -0.483 e. The molecule has 1 N–H and O–H groups in total. The fourth-order valence-electron chi connectivity index (χ4n) is 2.80. The number of non-ortho nitro benzene ring substituents is 1. The molecule has 2 aromatic carbocycles. The maximum atomic E-state index is 12.4. The Kier molecular flexibility index (Phi) is 7.48. The first-order valence-electron chi connectivity index (χ1n) is 9.40. The Labute approximate surface area is 187 Å². The van der Waals surface area contributed by atoms with Crippen molar-refractivity contribution in [3.05, 3.63) is 69.5 Å². The summed E-state index contributed by atoms with van der Waals surface area (Å²) in [7, 11) is 0. The summed E-state index contributed by atoms with van der Waals surface area (Å²) in [6.07, 6.45) is -0.332. The van der Waals surface area contributed by atoms with E-state index in [4.69, 9.17) is 16.3 Å². The minimum absolute atomic E-state index is 0.0328. The zero-order valence-electron chi connectivity index (χ0n) is 16.8. The van der Waals surface area contributed by atoms with Crippen molar-refractivity contribution < 1.29 is 14.5 Å². The number of anilines is 1. The molecule has 3 rings (SSSR count). The first-order chi connectivity index (χ1) is 14.9. The number of nitrogens with zero attached hydrogens (tertiary/aromatic N) is 4. The predicted molar refractivity (Wildman–Crippen MR) is 119 cm³/mol. The first kappa shape index (κ1) is 22.6. The van der Waals surface area contributed by atoms with Crippen LogP contribution in [0.25, 0.3) is 0 Å². The third kappa shape index (κ3) is 5.74. The average molecular weight is 462 g/mol. The summed E-state index contributed by atoms with van der Waals surface area (Å²) in [4.78, 5) is 22.7. The summed E-state index contributed by atoms with van der Waals surface area (Å²) in [5.74, 6) is 1.04. The Bertz CT molecular complexity index is 1080. The zero-order valence-corrected chi connectivity index (χ0v) is 18.4. The number of halogens is 1.